The van der Waals surface area contributed by atoms with Crippen LogP contribution in [0.3, 0.4) is 0 Å². The molecular formula is C13H17NO. The fourth-order valence-corrected chi connectivity index (χ4v) is 2.58. The highest BCUT2D eigenvalue weighted by Crippen LogP contribution is 2.26. The van der Waals surface area contributed by atoms with Crippen molar-refractivity contribution in [3.63, 3.8) is 0 Å². The average Bonchev–Trinajstić information content (AvgIpc) is 2.82. The zero-order valence-corrected chi connectivity index (χ0v) is 8.96. The van der Waals surface area contributed by atoms with Crippen LogP contribution in [0.5, 0.6) is 0 Å². The van der Waals surface area contributed by atoms with Crippen molar-refractivity contribution < 1.29 is 4.74 Å². The minimum absolute atomic E-state index is 0.734. The van der Waals surface area contributed by atoms with E-state index in [0.717, 1.165) is 32.1 Å². The lowest BCUT2D eigenvalue weighted by Gasteiger charge is -2.19. The summed E-state index contributed by atoms with van der Waals surface area (Å²) in [6, 6.07) is 6.93. The Hall–Kier alpha value is -0.860. The minimum atomic E-state index is 0.734. The van der Waals surface area contributed by atoms with Crippen LogP contribution >= 0.6 is 0 Å². The third kappa shape index (κ3) is 1.80. The first kappa shape index (κ1) is 9.37. The molecule has 2 heterocycles. The van der Waals surface area contributed by atoms with Gasteiger partial charge in [0, 0.05) is 6.54 Å². The average molecular weight is 203 g/mol. The Balaban J connectivity index is 1.89. The molecule has 1 saturated heterocycles. The van der Waals surface area contributed by atoms with E-state index in [-0.39, 0.29) is 0 Å². The maximum atomic E-state index is 5.45. The van der Waals surface area contributed by atoms with Crippen molar-refractivity contribution in [3.05, 3.63) is 34.9 Å². The molecule has 1 unspecified atom stereocenters. The van der Waals surface area contributed by atoms with Crippen LogP contribution in [0, 0.1) is 0 Å². The summed E-state index contributed by atoms with van der Waals surface area (Å²) >= 11 is 0. The standard InChI is InChI=1S/C13H17NO/c1-2-13-9-15-6-4-11(13)7-10(1)12-3-5-14-8-12/h1-2,7,12,14H,3-6,8-9H2. The lowest BCUT2D eigenvalue weighted by atomic mass is 9.93. The summed E-state index contributed by atoms with van der Waals surface area (Å²) in [6.07, 6.45) is 2.37. The van der Waals surface area contributed by atoms with E-state index in [2.05, 4.69) is 23.5 Å². The number of benzene rings is 1. The number of hydrogen-bond acceptors (Lipinski definition) is 2. The minimum Gasteiger partial charge on any atom is -0.376 e. The molecule has 0 aromatic heterocycles. The number of rotatable bonds is 1. The summed E-state index contributed by atoms with van der Waals surface area (Å²) in [6.45, 7) is 4.01. The fourth-order valence-electron chi connectivity index (χ4n) is 2.58. The molecular weight excluding hydrogens is 186 g/mol. The van der Waals surface area contributed by atoms with Crippen LogP contribution in [0.15, 0.2) is 18.2 Å². The Morgan fingerprint density at radius 1 is 1.27 bits per heavy atom. The summed E-state index contributed by atoms with van der Waals surface area (Å²) in [7, 11) is 0. The van der Waals surface area contributed by atoms with E-state index >= 15 is 0 Å². The van der Waals surface area contributed by atoms with Crippen LogP contribution < -0.4 is 5.32 Å². The van der Waals surface area contributed by atoms with Gasteiger partial charge >= 0.3 is 0 Å². The molecule has 3 rings (SSSR count). The van der Waals surface area contributed by atoms with Crippen molar-refractivity contribution in [2.24, 2.45) is 0 Å². The molecule has 2 heteroatoms. The molecule has 0 spiro atoms. The van der Waals surface area contributed by atoms with Crippen molar-refractivity contribution in [1.82, 2.24) is 5.32 Å². The SMILES string of the molecule is c1cc2c(cc1C1CCNC1)CCOC2. The van der Waals surface area contributed by atoms with E-state index in [1.165, 1.54) is 29.7 Å². The summed E-state index contributed by atoms with van der Waals surface area (Å²) in [5, 5.41) is 3.43. The van der Waals surface area contributed by atoms with Gasteiger partial charge < -0.3 is 10.1 Å². The van der Waals surface area contributed by atoms with E-state index in [0.29, 0.717) is 0 Å². The first-order valence-corrected chi connectivity index (χ1v) is 5.83. The summed E-state index contributed by atoms with van der Waals surface area (Å²) < 4.78 is 5.45. The van der Waals surface area contributed by atoms with E-state index in [9.17, 15) is 0 Å². The Kier molecular flexibility index (Phi) is 2.47. The predicted molar refractivity (Wildman–Crippen MR) is 60.0 cm³/mol. The Labute approximate surface area is 90.6 Å². The fraction of sp³-hybridized carbons (Fsp3) is 0.538. The van der Waals surface area contributed by atoms with Gasteiger partial charge in [0.25, 0.3) is 0 Å². The largest absolute Gasteiger partial charge is 0.376 e. The highest BCUT2D eigenvalue weighted by atomic mass is 16.5. The van der Waals surface area contributed by atoms with Crippen molar-refractivity contribution in [2.75, 3.05) is 19.7 Å². The number of fused-ring (bicyclic) bond motifs is 1. The Morgan fingerprint density at radius 2 is 2.27 bits per heavy atom. The van der Waals surface area contributed by atoms with Crippen LogP contribution in [0.2, 0.25) is 0 Å². The number of ether oxygens (including phenoxy) is 1. The molecule has 0 bridgehead atoms. The molecule has 2 nitrogen and oxygen atoms in total. The van der Waals surface area contributed by atoms with Crippen LogP contribution in [-0.2, 0) is 17.8 Å². The molecule has 1 fully saturated rings. The molecule has 0 amide bonds. The van der Waals surface area contributed by atoms with Crippen LogP contribution in [0.25, 0.3) is 0 Å². The third-order valence-electron chi connectivity index (χ3n) is 3.54. The van der Waals surface area contributed by atoms with Gasteiger partial charge in [-0.15, -0.1) is 0 Å². The normalized spacial score (nSPS) is 25.2. The van der Waals surface area contributed by atoms with Gasteiger partial charge in [-0.3, -0.25) is 0 Å². The third-order valence-corrected chi connectivity index (χ3v) is 3.54. The number of nitrogens with one attached hydrogen (secondary N) is 1. The van der Waals surface area contributed by atoms with Crippen molar-refractivity contribution in [1.29, 1.82) is 0 Å². The molecule has 0 saturated carbocycles. The van der Waals surface area contributed by atoms with Gasteiger partial charge in [0.1, 0.15) is 0 Å². The van der Waals surface area contributed by atoms with Crippen molar-refractivity contribution >= 4 is 0 Å². The Bertz CT molecular complexity index is 356. The second-order valence-corrected chi connectivity index (χ2v) is 4.52. The molecule has 2 aliphatic rings. The lowest BCUT2D eigenvalue weighted by Crippen LogP contribution is -2.12. The molecule has 1 aromatic rings. The van der Waals surface area contributed by atoms with Gasteiger partial charge in [0.2, 0.25) is 0 Å². The quantitative estimate of drug-likeness (QED) is 0.752. The smallest absolute Gasteiger partial charge is 0.0719 e. The zero-order chi connectivity index (χ0) is 10.1. The second-order valence-electron chi connectivity index (χ2n) is 4.52. The maximum absolute atomic E-state index is 5.45. The van der Waals surface area contributed by atoms with Gasteiger partial charge in [0.15, 0.2) is 0 Å². The van der Waals surface area contributed by atoms with Gasteiger partial charge in [-0.25, -0.2) is 0 Å². The van der Waals surface area contributed by atoms with Crippen molar-refractivity contribution in [2.45, 2.75) is 25.4 Å². The van der Waals surface area contributed by atoms with Crippen molar-refractivity contribution in [3.8, 4) is 0 Å². The molecule has 0 aliphatic carbocycles. The highest BCUT2D eigenvalue weighted by molar-refractivity contribution is 5.35. The number of hydrogen-bond donors (Lipinski definition) is 1. The van der Waals surface area contributed by atoms with E-state index in [4.69, 9.17) is 4.74 Å². The van der Waals surface area contributed by atoms with Gasteiger partial charge in [-0.1, -0.05) is 18.2 Å². The topological polar surface area (TPSA) is 21.3 Å². The summed E-state index contributed by atoms with van der Waals surface area (Å²) in [5.41, 5.74) is 4.40. The maximum Gasteiger partial charge on any atom is 0.0719 e. The van der Waals surface area contributed by atoms with Crippen LogP contribution in [0.4, 0.5) is 0 Å². The zero-order valence-electron chi connectivity index (χ0n) is 8.96. The van der Waals surface area contributed by atoms with Crippen LogP contribution in [-0.4, -0.2) is 19.7 Å². The van der Waals surface area contributed by atoms with E-state index in [1.807, 2.05) is 0 Å². The molecule has 0 radical (unpaired) electrons. The highest BCUT2D eigenvalue weighted by Gasteiger charge is 2.18. The molecule has 1 atom stereocenters. The van der Waals surface area contributed by atoms with E-state index < -0.39 is 0 Å². The molecule has 1 N–H and O–H groups in total. The predicted octanol–water partition coefficient (Wildman–Crippen LogP) is 1.84. The van der Waals surface area contributed by atoms with Gasteiger partial charge in [-0.05, 0) is 42.0 Å². The first-order valence-electron chi connectivity index (χ1n) is 5.83. The van der Waals surface area contributed by atoms with Gasteiger partial charge in [-0.2, -0.15) is 0 Å². The second kappa shape index (κ2) is 3.95. The summed E-state index contributed by atoms with van der Waals surface area (Å²) in [4.78, 5) is 0. The molecule has 2 aliphatic heterocycles. The molecule has 1 aromatic carbocycles. The lowest BCUT2D eigenvalue weighted by molar-refractivity contribution is 0.110. The first-order chi connectivity index (χ1) is 7.43. The molecule has 80 valence electrons. The van der Waals surface area contributed by atoms with Gasteiger partial charge in [0.05, 0.1) is 13.2 Å². The summed E-state index contributed by atoms with van der Waals surface area (Å²) in [5.74, 6) is 0.734. The molecule has 15 heavy (non-hydrogen) atoms. The van der Waals surface area contributed by atoms with Crippen LogP contribution in [0.1, 0.15) is 29.0 Å². The monoisotopic (exact) mass is 203 g/mol. The Morgan fingerprint density at radius 3 is 3.13 bits per heavy atom. The van der Waals surface area contributed by atoms with E-state index in [1.54, 1.807) is 0 Å².